The number of phenolic OH excluding ortho intramolecular Hbond substituents is 1. The van der Waals surface area contributed by atoms with Gasteiger partial charge in [0.15, 0.2) is 0 Å². The molecule has 0 aromatic heterocycles. The molecular formula is C25H30O5. The first-order valence-corrected chi connectivity index (χ1v) is 10.4. The minimum atomic E-state index is -0.617. The predicted octanol–water partition coefficient (Wildman–Crippen LogP) is 5.88. The second-order valence-corrected chi connectivity index (χ2v) is 7.32. The SMILES string of the molecule is CCCCCC[C@@H](C)OC(=O)C(C)=C(OC(=O)c1ccc(O)cc1)c1ccccc1. The van der Waals surface area contributed by atoms with Crippen molar-refractivity contribution in [2.75, 3.05) is 0 Å². The van der Waals surface area contributed by atoms with Crippen LogP contribution in [-0.2, 0) is 14.3 Å². The Morgan fingerprint density at radius 1 is 0.933 bits per heavy atom. The van der Waals surface area contributed by atoms with Gasteiger partial charge in [-0.15, -0.1) is 0 Å². The largest absolute Gasteiger partial charge is 0.508 e. The molecule has 0 fully saturated rings. The van der Waals surface area contributed by atoms with Gasteiger partial charge in [0.2, 0.25) is 0 Å². The Balaban J connectivity index is 2.18. The van der Waals surface area contributed by atoms with Crippen molar-refractivity contribution >= 4 is 17.7 Å². The summed E-state index contributed by atoms with van der Waals surface area (Å²) < 4.78 is 11.2. The molecule has 0 aliphatic carbocycles. The number of hydrogen-bond donors (Lipinski definition) is 1. The molecule has 0 saturated heterocycles. The Kier molecular flexibility index (Phi) is 9.13. The van der Waals surface area contributed by atoms with Gasteiger partial charge in [-0.25, -0.2) is 9.59 Å². The van der Waals surface area contributed by atoms with Gasteiger partial charge in [-0.2, -0.15) is 0 Å². The van der Waals surface area contributed by atoms with Crippen molar-refractivity contribution in [2.45, 2.75) is 59.0 Å². The number of ether oxygens (including phenoxy) is 2. The predicted molar refractivity (Wildman–Crippen MR) is 117 cm³/mol. The number of aromatic hydroxyl groups is 1. The number of rotatable bonds is 10. The fraction of sp³-hybridized carbons (Fsp3) is 0.360. The minimum Gasteiger partial charge on any atom is -0.508 e. The first kappa shape index (κ1) is 23.2. The number of hydrogen-bond acceptors (Lipinski definition) is 5. The third kappa shape index (κ3) is 7.07. The average molecular weight is 411 g/mol. The second-order valence-electron chi connectivity index (χ2n) is 7.32. The minimum absolute atomic E-state index is 0.0538. The highest BCUT2D eigenvalue weighted by Gasteiger charge is 2.21. The van der Waals surface area contributed by atoms with E-state index in [1.165, 1.54) is 30.7 Å². The Bertz CT molecular complexity index is 853. The summed E-state index contributed by atoms with van der Waals surface area (Å²) >= 11 is 0. The molecule has 5 nitrogen and oxygen atoms in total. The van der Waals surface area contributed by atoms with Crippen LogP contribution in [0.5, 0.6) is 5.75 Å². The highest BCUT2D eigenvalue weighted by molar-refractivity contribution is 6.00. The Hall–Kier alpha value is -3.08. The highest BCUT2D eigenvalue weighted by Crippen LogP contribution is 2.24. The molecule has 5 heteroatoms. The Morgan fingerprint density at radius 3 is 2.23 bits per heavy atom. The number of carbonyl (C=O) groups excluding carboxylic acids is 2. The van der Waals surface area contributed by atoms with Crippen LogP contribution in [0.25, 0.3) is 5.76 Å². The Labute approximate surface area is 178 Å². The zero-order valence-electron chi connectivity index (χ0n) is 17.9. The first-order valence-electron chi connectivity index (χ1n) is 10.4. The van der Waals surface area contributed by atoms with Crippen LogP contribution in [0.4, 0.5) is 0 Å². The third-order valence-corrected chi connectivity index (χ3v) is 4.75. The van der Waals surface area contributed by atoms with E-state index in [-0.39, 0.29) is 28.7 Å². The number of phenols is 1. The molecule has 1 atom stereocenters. The van der Waals surface area contributed by atoms with Crippen molar-refractivity contribution in [3.8, 4) is 5.75 Å². The normalized spacial score (nSPS) is 12.6. The lowest BCUT2D eigenvalue weighted by molar-refractivity contribution is -0.143. The van der Waals surface area contributed by atoms with Crippen molar-refractivity contribution in [2.24, 2.45) is 0 Å². The van der Waals surface area contributed by atoms with Crippen LogP contribution in [0.15, 0.2) is 60.2 Å². The van der Waals surface area contributed by atoms with E-state index in [9.17, 15) is 14.7 Å². The summed E-state index contributed by atoms with van der Waals surface area (Å²) in [5.74, 6) is -0.904. The molecule has 0 unspecified atom stereocenters. The van der Waals surface area contributed by atoms with E-state index in [0.717, 1.165) is 25.7 Å². The van der Waals surface area contributed by atoms with Gasteiger partial charge in [0, 0.05) is 5.56 Å². The van der Waals surface area contributed by atoms with Crippen molar-refractivity contribution in [3.05, 3.63) is 71.3 Å². The van der Waals surface area contributed by atoms with E-state index < -0.39 is 11.9 Å². The Morgan fingerprint density at radius 2 is 1.60 bits per heavy atom. The molecule has 2 aromatic carbocycles. The molecule has 0 amide bonds. The van der Waals surface area contributed by atoms with Crippen molar-refractivity contribution in [3.63, 3.8) is 0 Å². The molecule has 160 valence electrons. The standard InChI is InChI=1S/C25H30O5/c1-4-5-6-8-11-18(2)29-24(27)19(3)23(20-12-9-7-10-13-20)30-25(28)21-14-16-22(26)17-15-21/h7,9-10,12-18,26H,4-6,8,11H2,1-3H3/t18-/m1/s1. The van der Waals surface area contributed by atoms with Crippen LogP contribution in [0.3, 0.4) is 0 Å². The van der Waals surface area contributed by atoms with Crippen LogP contribution in [-0.4, -0.2) is 23.1 Å². The summed E-state index contributed by atoms with van der Waals surface area (Å²) in [6, 6.07) is 14.7. The summed E-state index contributed by atoms with van der Waals surface area (Å²) in [4.78, 5) is 25.3. The van der Waals surface area contributed by atoms with E-state index in [0.29, 0.717) is 5.56 Å². The van der Waals surface area contributed by atoms with Gasteiger partial charge < -0.3 is 14.6 Å². The number of esters is 2. The van der Waals surface area contributed by atoms with Gasteiger partial charge in [-0.05, 0) is 51.0 Å². The zero-order chi connectivity index (χ0) is 21.9. The van der Waals surface area contributed by atoms with E-state index >= 15 is 0 Å². The third-order valence-electron chi connectivity index (χ3n) is 4.75. The van der Waals surface area contributed by atoms with Crippen LogP contribution >= 0.6 is 0 Å². The molecule has 1 N–H and O–H groups in total. The maximum atomic E-state index is 12.7. The van der Waals surface area contributed by atoms with Gasteiger partial charge in [-0.3, -0.25) is 0 Å². The van der Waals surface area contributed by atoms with Crippen LogP contribution < -0.4 is 0 Å². The lowest BCUT2D eigenvalue weighted by Crippen LogP contribution is -2.18. The van der Waals surface area contributed by atoms with Crippen LogP contribution in [0.1, 0.15) is 68.8 Å². The molecule has 0 spiro atoms. The second kappa shape index (κ2) is 11.8. The summed E-state index contributed by atoms with van der Waals surface area (Å²) in [5, 5.41) is 9.41. The van der Waals surface area contributed by atoms with Gasteiger partial charge in [0.1, 0.15) is 11.5 Å². The maximum absolute atomic E-state index is 12.7. The van der Waals surface area contributed by atoms with Crippen molar-refractivity contribution in [1.29, 1.82) is 0 Å². The van der Waals surface area contributed by atoms with E-state index in [1.807, 2.05) is 13.0 Å². The monoisotopic (exact) mass is 410 g/mol. The fourth-order valence-electron chi connectivity index (χ4n) is 2.97. The lowest BCUT2D eigenvalue weighted by atomic mass is 10.1. The molecule has 0 bridgehead atoms. The van der Waals surface area contributed by atoms with E-state index in [4.69, 9.17) is 9.47 Å². The number of carbonyl (C=O) groups is 2. The van der Waals surface area contributed by atoms with E-state index in [2.05, 4.69) is 6.92 Å². The highest BCUT2D eigenvalue weighted by atomic mass is 16.6. The van der Waals surface area contributed by atoms with Crippen LogP contribution in [0, 0.1) is 0 Å². The molecule has 0 aliphatic heterocycles. The molecule has 0 saturated carbocycles. The number of benzene rings is 2. The average Bonchev–Trinajstić information content (AvgIpc) is 2.75. The first-order chi connectivity index (χ1) is 14.4. The number of unbranched alkanes of at least 4 members (excludes halogenated alkanes) is 3. The van der Waals surface area contributed by atoms with Gasteiger partial charge in [-0.1, -0.05) is 56.5 Å². The summed E-state index contributed by atoms with van der Waals surface area (Å²) in [5.41, 5.74) is 1.11. The molecule has 0 aliphatic rings. The summed E-state index contributed by atoms with van der Waals surface area (Å²) in [7, 11) is 0. The molecule has 0 heterocycles. The van der Waals surface area contributed by atoms with Gasteiger partial charge in [0.25, 0.3) is 0 Å². The van der Waals surface area contributed by atoms with Crippen molar-refractivity contribution < 1.29 is 24.2 Å². The quantitative estimate of drug-likeness (QED) is 0.229. The molecule has 30 heavy (non-hydrogen) atoms. The zero-order valence-corrected chi connectivity index (χ0v) is 17.9. The smallest absolute Gasteiger partial charge is 0.343 e. The summed E-state index contributed by atoms with van der Waals surface area (Å²) in [6.07, 6.45) is 5.04. The molecule has 2 rings (SSSR count). The lowest BCUT2D eigenvalue weighted by Gasteiger charge is -2.16. The molecular weight excluding hydrogens is 380 g/mol. The van der Waals surface area contributed by atoms with Gasteiger partial charge in [0.05, 0.1) is 17.2 Å². The fourth-order valence-corrected chi connectivity index (χ4v) is 2.97. The van der Waals surface area contributed by atoms with Crippen molar-refractivity contribution in [1.82, 2.24) is 0 Å². The molecule has 2 aromatic rings. The maximum Gasteiger partial charge on any atom is 0.343 e. The van der Waals surface area contributed by atoms with E-state index in [1.54, 1.807) is 31.2 Å². The topological polar surface area (TPSA) is 72.8 Å². The summed E-state index contributed by atoms with van der Waals surface area (Å²) in [6.45, 7) is 5.63. The van der Waals surface area contributed by atoms with Crippen LogP contribution in [0.2, 0.25) is 0 Å². The molecule has 0 radical (unpaired) electrons. The van der Waals surface area contributed by atoms with Gasteiger partial charge >= 0.3 is 11.9 Å².